The maximum Gasteiger partial charge on any atom is 0.159 e. The predicted octanol–water partition coefficient (Wildman–Crippen LogP) is 2.57. The molecule has 2 aromatic rings. The largest absolute Gasteiger partial charge is 0.298 e. The van der Waals surface area contributed by atoms with Crippen molar-refractivity contribution in [1.82, 2.24) is 9.97 Å². The van der Waals surface area contributed by atoms with Crippen molar-refractivity contribution in [2.45, 2.75) is 13.8 Å². The molecule has 0 fully saturated rings. The van der Waals surface area contributed by atoms with Gasteiger partial charge in [0.05, 0.1) is 11.3 Å². The summed E-state index contributed by atoms with van der Waals surface area (Å²) in [6, 6.07) is 7.98. The molecular formula is C13H12N2O. The standard InChI is InChI=1S/C13H12N2O/c1-9-3-5-11(6-4-9)13-14-7-12(8-16)10(2)15-13/h3-8H,1-2H3. The molecule has 16 heavy (non-hydrogen) atoms. The SMILES string of the molecule is Cc1ccc(-c2ncc(C=O)c(C)n2)cc1. The first-order valence-electron chi connectivity index (χ1n) is 5.06. The van der Waals surface area contributed by atoms with E-state index in [1.165, 1.54) is 5.56 Å². The van der Waals surface area contributed by atoms with Crippen LogP contribution >= 0.6 is 0 Å². The van der Waals surface area contributed by atoms with E-state index in [-0.39, 0.29) is 0 Å². The van der Waals surface area contributed by atoms with Crippen LogP contribution in [0.15, 0.2) is 30.5 Å². The van der Waals surface area contributed by atoms with Crippen LogP contribution in [0.25, 0.3) is 11.4 Å². The van der Waals surface area contributed by atoms with Crippen molar-refractivity contribution < 1.29 is 4.79 Å². The van der Waals surface area contributed by atoms with Gasteiger partial charge < -0.3 is 0 Å². The fourth-order valence-corrected chi connectivity index (χ4v) is 1.43. The molecule has 1 aromatic carbocycles. The number of hydrogen-bond acceptors (Lipinski definition) is 3. The molecule has 0 N–H and O–H groups in total. The lowest BCUT2D eigenvalue weighted by Gasteiger charge is -2.03. The van der Waals surface area contributed by atoms with E-state index < -0.39 is 0 Å². The van der Waals surface area contributed by atoms with Crippen LogP contribution in [0, 0.1) is 13.8 Å². The number of aldehydes is 1. The lowest BCUT2D eigenvalue weighted by atomic mass is 10.1. The second-order valence-electron chi connectivity index (χ2n) is 3.72. The Hall–Kier alpha value is -2.03. The number of carbonyl (C=O) groups excluding carboxylic acids is 1. The number of benzene rings is 1. The molecule has 0 spiro atoms. The highest BCUT2D eigenvalue weighted by molar-refractivity contribution is 5.76. The first-order valence-corrected chi connectivity index (χ1v) is 5.06. The van der Waals surface area contributed by atoms with Crippen molar-refractivity contribution in [2.75, 3.05) is 0 Å². The Morgan fingerprint density at radius 1 is 1.12 bits per heavy atom. The van der Waals surface area contributed by atoms with Gasteiger partial charge in [0.15, 0.2) is 12.1 Å². The van der Waals surface area contributed by atoms with Gasteiger partial charge in [0.1, 0.15) is 0 Å². The molecule has 1 aromatic heterocycles. The zero-order valence-corrected chi connectivity index (χ0v) is 9.27. The van der Waals surface area contributed by atoms with Crippen molar-refractivity contribution in [3.63, 3.8) is 0 Å². The lowest BCUT2D eigenvalue weighted by Crippen LogP contribution is -1.96. The molecule has 0 aliphatic heterocycles. The first-order chi connectivity index (χ1) is 7.70. The normalized spacial score (nSPS) is 10.1. The van der Waals surface area contributed by atoms with Crippen LogP contribution in [0.2, 0.25) is 0 Å². The van der Waals surface area contributed by atoms with Crippen LogP contribution in [-0.2, 0) is 0 Å². The summed E-state index contributed by atoms with van der Waals surface area (Å²) in [4.78, 5) is 19.1. The van der Waals surface area contributed by atoms with Gasteiger partial charge in [0.25, 0.3) is 0 Å². The van der Waals surface area contributed by atoms with E-state index in [9.17, 15) is 4.79 Å². The Kier molecular flexibility index (Phi) is 2.77. The van der Waals surface area contributed by atoms with Crippen LogP contribution in [-0.4, -0.2) is 16.3 Å². The molecule has 0 saturated heterocycles. The van der Waals surface area contributed by atoms with Crippen LogP contribution < -0.4 is 0 Å². The Balaban J connectivity index is 2.45. The molecule has 0 saturated carbocycles. The molecule has 0 amide bonds. The maximum atomic E-state index is 10.6. The molecule has 3 heteroatoms. The molecule has 1 heterocycles. The number of carbonyl (C=O) groups is 1. The highest BCUT2D eigenvalue weighted by atomic mass is 16.1. The monoisotopic (exact) mass is 212 g/mol. The highest BCUT2D eigenvalue weighted by Crippen LogP contribution is 2.16. The van der Waals surface area contributed by atoms with Crippen molar-refractivity contribution in [3.05, 3.63) is 47.3 Å². The molecular weight excluding hydrogens is 200 g/mol. The third kappa shape index (κ3) is 1.98. The van der Waals surface area contributed by atoms with E-state index in [4.69, 9.17) is 0 Å². The van der Waals surface area contributed by atoms with Crippen LogP contribution in [0.5, 0.6) is 0 Å². The second-order valence-corrected chi connectivity index (χ2v) is 3.72. The molecule has 3 nitrogen and oxygen atoms in total. The molecule has 80 valence electrons. The third-order valence-electron chi connectivity index (χ3n) is 2.45. The van der Waals surface area contributed by atoms with Gasteiger partial charge in [0.2, 0.25) is 0 Å². The van der Waals surface area contributed by atoms with Crippen molar-refractivity contribution >= 4 is 6.29 Å². The average Bonchev–Trinajstić information content (AvgIpc) is 2.30. The Bertz CT molecular complexity index is 518. The van der Waals surface area contributed by atoms with Gasteiger partial charge in [-0.2, -0.15) is 0 Å². The van der Waals surface area contributed by atoms with Crippen molar-refractivity contribution in [3.8, 4) is 11.4 Å². The Labute approximate surface area is 94.2 Å². The molecule has 2 rings (SSSR count). The van der Waals surface area contributed by atoms with Gasteiger partial charge in [-0.05, 0) is 13.8 Å². The summed E-state index contributed by atoms with van der Waals surface area (Å²) in [5.41, 5.74) is 3.41. The van der Waals surface area contributed by atoms with E-state index >= 15 is 0 Å². The summed E-state index contributed by atoms with van der Waals surface area (Å²) in [5.74, 6) is 0.656. The fraction of sp³-hybridized carbons (Fsp3) is 0.154. The van der Waals surface area contributed by atoms with Gasteiger partial charge in [0, 0.05) is 11.8 Å². The Morgan fingerprint density at radius 3 is 2.38 bits per heavy atom. The summed E-state index contributed by atoms with van der Waals surface area (Å²) >= 11 is 0. The lowest BCUT2D eigenvalue weighted by molar-refractivity contribution is 0.112. The maximum absolute atomic E-state index is 10.6. The average molecular weight is 212 g/mol. The van der Waals surface area contributed by atoms with Crippen molar-refractivity contribution in [2.24, 2.45) is 0 Å². The second kappa shape index (κ2) is 4.23. The zero-order chi connectivity index (χ0) is 11.5. The summed E-state index contributed by atoms with van der Waals surface area (Å²) in [6.45, 7) is 3.84. The molecule has 0 bridgehead atoms. The number of nitrogens with zero attached hydrogens (tertiary/aromatic N) is 2. The highest BCUT2D eigenvalue weighted by Gasteiger charge is 2.04. The van der Waals surface area contributed by atoms with E-state index in [1.807, 2.05) is 38.1 Å². The zero-order valence-electron chi connectivity index (χ0n) is 9.27. The molecule has 0 atom stereocenters. The summed E-state index contributed by atoms with van der Waals surface area (Å²) in [7, 11) is 0. The van der Waals surface area contributed by atoms with Crippen LogP contribution in [0.1, 0.15) is 21.6 Å². The summed E-state index contributed by atoms with van der Waals surface area (Å²) in [5, 5.41) is 0. The number of aromatic nitrogens is 2. The van der Waals surface area contributed by atoms with Crippen molar-refractivity contribution in [1.29, 1.82) is 0 Å². The molecule has 0 aliphatic carbocycles. The van der Waals surface area contributed by atoms with Crippen LogP contribution in [0.3, 0.4) is 0 Å². The smallest absolute Gasteiger partial charge is 0.159 e. The molecule has 0 radical (unpaired) electrons. The van der Waals surface area contributed by atoms with E-state index in [1.54, 1.807) is 6.20 Å². The minimum atomic E-state index is 0.538. The van der Waals surface area contributed by atoms with Crippen LogP contribution in [0.4, 0.5) is 0 Å². The van der Waals surface area contributed by atoms with E-state index in [0.717, 1.165) is 11.8 Å². The number of rotatable bonds is 2. The summed E-state index contributed by atoms with van der Waals surface area (Å²) in [6.07, 6.45) is 2.33. The third-order valence-corrected chi connectivity index (χ3v) is 2.45. The van der Waals surface area contributed by atoms with Gasteiger partial charge in [-0.25, -0.2) is 9.97 Å². The topological polar surface area (TPSA) is 42.9 Å². The van der Waals surface area contributed by atoms with E-state index in [2.05, 4.69) is 9.97 Å². The van der Waals surface area contributed by atoms with Gasteiger partial charge in [-0.3, -0.25) is 4.79 Å². The van der Waals surface area contributed by atoms with Gasteiger partial charge in [-0.15, -0.1) is 0 Å². The minimum absolute atomic E-state index is 0.538. The Morgan fingerprint density at radius 2 is 1.81 bits per heavy atom. The fourth-order valence-electron chi connectivity index (χ4n) is 1.43. The number of hydrogen-bond donors (Lipinski definition) is 0. The first kappa shape index (κ1) is 10.5. The number of aryl methyl sites for hydroxylation is 2. The van der Waals surface area contributed by atoms with Gasteiger partial charge >= 0.3 is 0 Å². The van der Waals surface area contributed by atoms with Gasteiger partial charge in [-0.1, -0.05) is 29.8 Å². The van der Waals surface area contributed by atoms with E-state index in [0.29, 0.717) is 17.1 Å². The predicted molar refractivity (Wildman–Crippen MR) is 62.3 cm³/mol. The minimum Gasteiger partial charge on any atom is -0.298 e. The molecule has 0 aliphatic rings. The summed E-state index contributed by atoms with van der Waals surface area (Å²) < 4.78 is 0. The quantitative estimate of drug-likeness (QED) is 0.718. The molecule has 0 unspecified atom stereocenters.